The van der Waals surface area contributed by atoms with Gasteiger partial charge in [-0.2, -0.15) is 0 Å². The lowest BCUT2D eigenvalue weighted by atomic mass is 10.1. The monoisotopic (exact) mass is 349 g/mol. The fraction of sp³-hybridized carbons (Fsp3) is 0.158. The van der Waals surface area contributed by atoms with Crippen LogP contribution in [0.4, 0.5) is 11.4 Å². The number of sulfonamides is 1. The molecule has 1 aromatic heterocycles. The minimum atomic E-state index is -3.72. The van der Waals surface area contributed by atoms with E-state index in [4.69, 9.17) is 6.57 Å². The second-order valence-corrected chi connectivity index (χ2v) is 7.89. The van der Waals surface area contributed by atoms with Crippen molar-refractivity contribution in [3.8, 4) is 0 Å². The number of fused-ring (bicyclic) bond motifs is 2. The van der Waals surface area contributed by atoms with Crippen molar-refractivity contribution < 1.29 is 8.42 Å². The molecule has 0 aliphatic carbocycles. The first kappa shape index (κ1) is 15.6. The Kier molecular flexibility index (Phi) is 3.48. The van der Waals surface area contributed by atoms with Gasteiger partial charge in [0.25, 0.3) is 10.0 Å². The number of aryl methyl sites for hydroxylation is 1. The Bertz CT molecular complexity index is 1140. The highest BCUT2D eigenvalue weighted by Crippen LogP contribution is 2.37. The van der Waals surface area contributed by atoms with Crippen molar-refractivity contribution in [3.63, 3.8) is 0 Å². The molecule has 0 bridgehead atoms. The number of pyridine rings is 1. The highest BCUT2D eigenvalue weighted by Gasteiger charge is 2.32. The van der Waals surface area contributed by atoms with Crippen molar-refractivity contribution in [3.05, 3.63) is 71.3 Å². The maximum atomic E-state index is 13.4. The largest absolute Gasteiger partial charge is 0.267 e. The van der Waals surface area contributed by atoms with E-state index >= 15 is 0 Å². The summed E-state index contributed by atoms with van der Waals surface area (Å²) in [6, 6.07) is 10.5. The first-order valence-corrected chi connectivity index (χ1v) is 9.33. The van der Waals surface area contributed by atoms with Crippen molar-refractivity contribution in [1.82, 2.24) is 4.98 Å². The summed E-state index contributed by atoms with van der Waals surface area (Å²) in [4.78, 5) is 7.85. The normalized spacial score (nSPS) is 13.7. The highest BCUT2D eigenvalue weighted by atomic mass is 32.2. The zero-order valence-electron chi connectivity index (χ0n) is 13.6. The van der Waals surface area contributed by atoms with Crippen LogP contribution >= 0.6 is 0 Å². The summed E-state index contributed by atoms with van der Waals surface area (Å²) < 4.78 is 28.2. The van der Waals surface area contributed by atoms with Gasteiger partial charge in [-0.15, -0.1) is 0 Å². The second-order valence-electron chi connectivity index (χ2n) is 6.06. The molecule has 2 aromatic carbocycles. The Labute approximate surface area is 146 Å². The molecule has 0 atom stereocenters. The van der Waals surface area contributed by atoms with E-state index in [0.717, 1.165) is 16.5 Å². The summed E-state index contributed by atoms with van der Waals surface area (Å²) in [5.41, 5.74) is 2.83. The third-order valence-electron chi connectivity index (χ3n) is 4.55. The average molecular weight is 349 g/mol. The molecule has 0 fully saturated rings. The van der Waals surface area contributed by atoms with Gasteiger partial charge in [0.15, 0.2) is 5.69 Å². The van der Waals surface area contributed by atoms with E-state index in [0.29, 0.717) is 29.7 Å². The minimum absolute atomic E-state index is 0.283. The molecule has 124 valence electrons. The van der Waals surface area contributed by atoms with Crippen molar-refractivity contribution in [2.24, 2.45) is 0 Å². The van der Waals surface area contributed by atoms with Crippen LogP contribution in [0.1, 0.15) is 11.1 Å². The van der Waals surface area contributed by atoms with Crippen LogP contribution in [0.3, 0.4) is 0 Å². The van der Waals surface area contributed by atoms with E-state index in [1.54, 1.807) is 36.7 Å². The predicted octanol–water partition coefficient (Wildman–Crippen LogP) is 3.85. The number of hydrogen-bond donors (Lipinski definition) is 0. The Morgan fingerprint density at radius 2 is 2.04 bits per heavy atom. The highest BCUT2D eigenvalue weighted by molar-refractivity contribution is 7.93. The molecule has 1 aliphatic heterocycles. The van der Waals surface area contributed by atoms with Crippen molar-refractivity contribution in [1.29, 1.82) is 0 Å². The Hall–Kier alpha value is -2.91. The Balaban J connectivity index is 1.93. The topological polar surface area (TPSA) is 54.6 Å². The molecule has 0 saturated heterocycles. The molecular formula is C19H15N3O2S. The van der Waals surface area contributed by atoms with Crippen LogP contribution in [-0.4, -0.2) is 19.9 Å². The summed E-state index contributed by atoms with van der Waals surface area (Å²) >= 11 is 0. The van der Waals surface area contributed by atoms with Crippen LogP contribution < -0.4 is 4.31 Å². The lowest BCUT2D eigenvalue weighted by Gasteiger charge is -2.21. The van der Waals surface area contributed by atoms with Gasteiger partial charge in [0, 0.05) is 35.4 Å². The zero-order chi connectivity index (χ0) is 17.6. The van der Waals surface area contributed by atoms with Gasteiger partial charge in [0.05, 0.1) is 11.5 Å². The van der Waals surface area contributed by atoms with Gasteiger partial charge in [0.1, 0.15) is 0 Å². The van der Waals surface area contributed by atoms with E-state index in [1.807, 2.05) is 19.1 Å². The molecule has 3 aromatic rings. The van der Waals surface area contributed by atoms with Gasteiger partial charge in [0.2, 0.25) is 0 Å². The SMILES string of the molecule is [C-]#[N+]c1ccc2c(c1)N(S(=O)(=O)c1cccc3cncc(C)c13)CC2. The first-order chi connectivity index (χ1) is 12.0. The van der Waals surface area contributed by atoms with E-state index < -0.39 is 10.0 Å². The summed E-state index contributed by atoms with van der Waals surface area (Å²) in [5.74, 6) is 0. The quantitative estimate of drug-likeness (QED) is 0.661. The Morgan fingerprint density at radius 3 is 2.84 bits per heavy atom. The van der Waals surface area contributed by atoms with Gasteiger partial charge in [-0.3, -0.25) is 9.29 Å². The molecule has 25 heavy (non-hydrogen) atoms. The van der Waals surface area contributed by atoms with Crippen LogP contribution in [-0.2, 0) is 16.4 Å². The molecule has 0 radical (unpaired) electrons. The maximum absolute atomic E-state index is 13.4. The third kappa shape index (κ3) is 2.36. The number of benzene rings is 2. The first-order valence-electron chi connectivity index (χ1n) is 7.89. The number of nitrogens with zero attached hydrogens (tertiary/aromatic N) is 3. The van der Waals surface area contributed by atoms with Gasteiger partial charge >= 0.3 is 0 Å². The van der Waals surface area contributed by atoms with Gasteiger partial charge in [-0.1, -0.05) is 24.3 Å². The van der Waals surface area contributed by atoms with Crippen LogP contribution in [0, 0.1) is 13.5 Å². The second kappa shape index (κ2) is 5.57. The molecule has 0 spiro atoms. The maximum Gasteiger partial charge on any atom is 0.264 e. The summed E-state index contributed by atoms with van der Waals surface area (Å²) in [5, 5.41) is 1.50. The molecule has 2 heterocycles. The van der Waals surface area contributed by atoms with Crippen LogP contribution in [0.15, 0.2) is 53.7 Å². The molecule has 4 rings (SSSR count). The lowest BCUT2D eigenvalue weighted by Crippen LogP contribution is -2.29. The molecule has 5 nitrogen and oxygen atoms in total. The molecule has 0 N–H and O–H groups in total. The molecule has 0 unspecified atom stereocenters. The third-order valence-corrected chi connectivity index (χ3v) is 6.41. The van der Waals surface area contributed by atoms with Crippen molar-refractivity contribution >= 4 is 32.2 Å². The molecule has 0 saturated carbocycles. The van der Waals surface area contributed by atoms with Crippen LogP contribution in [0.2, 0.25) is 0 Å². The lowest BCUT2D eigenvalue weighted by molar-refractivity contribution is 0.593. The molecule has 6 heteroatoms. The van der Waals surface area contributed by atoms with Crippen LogP contribution in [0.5, 0.6) is 0 Å². The number of rotatable bonds is 2. The average Bonchev–Trinajstić information content (AvgIpc) is 3.05. The summed E-state index contributed by atoms with van der Waals surface area (Å²) in [6.07, 6.45) is 4.00. The summed E-state index contributed by atoms with van der Waals surface area (Å²) in [6.45, 7) is 9.43. The number of hydrogen-bond acceptors (Lipinski definition) is 3. The smallest absolute Gasteiger partial charge is 0.264 e. The molecular weight excluding hydrogens is 334 g/mol. The number of aromatic nitrogens is 1. The number of anilines is 1. The van der Waals surface area contributed by atoms with E-state index in [9.17, 15) is 8.42 Å². The van der Waals surface area contributed by atoms with E-state index in [1.165, 1.54) is 4.31 Å². The van der Waals surface area contributed by atoms with Gasteiger partial charge in [-0.25, -0.2) is 13.3 Å². The molecule has 0 amide bonds. The fourth-order valence-corrected chi connectivity index (χ4v) is 5.15. The van der Waals surface area contributed by atoms with Gasteiger partial charge < -0.3 is 0 Å². The van der Waals surface area contributed by atoms with Gasteiger partial charge in [-0.05, 0) is 36.6 Å². The Morgan fingerprint density at radius 1 is 1.20 bits per heavy atom. The molecule has 1 aliphatic rings. The van der Waals surface area contributed by atoms with E-state index in [-0.39, 0.29) is 4.90 Å². The minimum Gasteiger partial charge on any atom is -0.267 e. The van der Waals surface area contributed by atoms with Crippen molar-refractivity contribution in [2.75, 3.05) is 10.8 Å². The van der Waals surface area contributed by atoms with Crippen LogP contribution in [0.25, 0.3) is 15.6 Å². The standard InChI is InChI=1S/C19H15N3O2S/c1-13-11-21-12-15-4-3-5-18(19(13)15)25(23,24)22-9-8-14-6-7-16(20-2)10-17(14)22/h3-7,10-12H,8-9H2,1H3. The van der Waals surface area contributed by atoms with Crippen molar-refractivity contribution in [2.45, 2.75) is 18.2 Å². The zero-order valence-corrected chi connectivity index (χ0v) is 14.4. The van der Waals surface area contributed by atoms with E-state index in [2.05, 4.69) is 9.83 Å². The fourth-order valence-electron chi connectivity index (χ4n) is 3.36. The predicted molar refractivity (Wildman–Crippen MR) is 97.4 cm³/mol. The summed E-state index contributed by atoms with van der Waals surface area (Å²) in [7, 11) is -3.72.